The predicted octanol–water partition coefficient (Wildman–Crippen LogP) is 1.65. The van der Waals surface area contributed by atoms with Crippen LogP contribution in [-0.2, 0) is 21.2 Å². The summed E-state index contributed by atoms with van der Waals surface area (Å²) in [5.74, 6) is -0.938. The summed E-state index contributed by atoms with van der Waals surface area (Å²) in [6.07, 6.45) is 3.22. The number of nitrogens with zero attached hydrogens (tertiary/aromatic N) is 1. The van der Waals surface area contributed by atoms with E-state index < -0.39 is 16.0 Å². The van der Waals surface area contributed by atoms with Crippen LogP contribution in [0.2, 0.25) is 0 Å². The van der Waals surface area contributed by atoms with Gasteiger partial charge in [-0.25, -0.2) is 8.42 Å². The molecule has 0 unspecified atom stereocenters. The Hall–Kier alpha value is -1.66. The minimum absolute atomic E-state index is 0.0664. The fraction of sp³-hybridized carbons (Fsp3) is 0.357. The number of carboxylic acids is 1. The molecule has 20 heavy (non-hydrogen) atoms. The lowest BCUT2D eigenvalue weighted by molar-refractivity contribution is -0.136. The van der Waals surface area contributed by atoms with Crippen LogP contribution in [0, 0.1) is 0 Å². The van der Waals surface area contributed by atoms with Crippen LogP contribution in [-0.4, -0.2) is 36.4 Å². The number of rotatable bonds is 7. The normalized spacial score (nSPS) is 15.2. The highest BCUT2D eigenvalue weighted by molar-refractivity contribution is 7.89. The summed E-state index contributed by atoms with van der Waals surface area (Å²) in [7, 11) is -3.53. The molecule has 108 valence electrons. The Balaban J connectivity index is 2.24. The van der Waals surface area contributed by atoms with E-state index in [0.29, 0.717) is 12.1 Å². The minimum Gasteiger partial charge on any atom is -0.481 e. The average Bonchev–Trinajstić information content (AvgIpc) is 3.20. The zero-order valence-electron chi connectivity index (χ0n) is 11.0. The van der Waals surface area contributed by atoms with E-state index in [1.54, 1.807) is 18.2 Å². The van der Waals surface area contributed by atoms with Crippen molar-refractivity contribution in [3.63, 3.8) is 0 Å². The maximum atomic E-state index is 12.5. The summed E-state index contributed by atoms with van der Waals surface area (Å²) in [4.78, 5) is 10.8. The van der Waals surface area contributed by atoms with E-state index in [-0.39, 0.29) is 17.4 Å². The first-order valence-corrected chi connectivity index (χ1v) is 7.82. The Morgan fingerprint density at radius 2 is 1.95 bits per heavy atom. The summed E-state index contributed by atoms with van der Waals surface area (Å²) in [6, 6.07) is 6.08. The monoisotopic (exact) mass is 295 g/mol. The number of sulfonamides is 1. The Morgan fingerprint density at radius 3 is 2.40 bits per heavy atom. The maximum absolute atomic E-state index is 12.5. The van der Waals surface area contributed by atoms with Crippen molar-refractivity contribution >= 4 is 16.0 Å². The number of hydrogen-bond donors (Lipinski definition) is 1. The minimum atomic E-state index is -3.53. The molecule has 1 aromatic carbocycles. The van der Waals surface area contributed by atoms with E-state index in [4.69, 9.17) is 5.11 Å². The molecule has 6 heteroatoms. The second kappa shape index (κ2) is 5.76. The third-order valence-electron chi connectivity index (χ3n) is 3.15. The fourth-order valence-electron chi connectivity index (χ4n) is 2.02. The molecule has 0 spiro atoms. The van der Waals surface area contributed by atoms with Crippen LogP contribution in [0.1, 0.15) is 18.4 Å². The standard InChI is InChI=1S/C14H17NO4S/c1-2-9-15(12-5-6-12)20(18,19)13-7-3-11(4-8-13)10-14(16)17/h2-4,7-8,12H,1,5-6,9-10H2,(H,16,17). The molecule has 1 aliphatic carbocycles. The maximum Gasteiger partial charge on any atom is 0.307 e. The molecule has 0 atom stereocenters. The number of hydrogen-bond acceptors (Lipinski definition) is 3. The molecule has 1 aliphatic rings. The lowest BCUT2D eigenvalue weighted by atomic mass is 10.2. The first-order valence-electron chi connectivity index (χ1n) is 6.38. The van der Waals surface area contributed by atoms with Gasteiger partial charge in [-0.1, -0.05) is 18.2 Å². The zero-order valence-corrected chi connectivity index (χ0v) is 11.8. The smallest absolute Gasteiger partial charge is 0.307 e. The van der Waals surface area contributed by atoms with Crippen LogP contribution < -0.4 is 0 Å². The predicted molar refractivity (Wildman–Crippen MR) is 74.9 cm³/mol. The number of carbonyl (C=O) groups is 1. The van der Waals surface area contributed by atoms with Crippen LogP contribution in [0.4, 0.5) is 0 Å². The number of aliphatic carboxylic acids is 1. The van der Waals surface area contributed by atoms with E-state index in [9.17, 15) is 13.2 Å². The molecule has 0 aromatic heterocycles. The lowest BCUT2D eigenvalue weighted by Gasteiger charge is -2.20. The van der Waals surface area contributed by atoms with Gasteiger partial charge >= 0.3 is 5.97 Å². The van der Waals surface area contributed by atoms with Crippen molar-refractivity contribution in [1.29, 1.82) is 0 Å². The van der Waals surface area contributed by atoms with Crippen LogP contribution in [0.25, 0.3) is 0 Å². The number of benzene rings is 1. The molecular formula is C14H17NO4S. The van der Waals surface area contributed by atoms with Crippen molar-refractivity contribution in [3.8, 4) is 0 Å². The van der Waals surface area contributed by atoms with Gasteiger partial charge in [0.15, 0.2) is 0 Å². The molecule has 5 nitrogen and oxygen atoms in total. The summed E-state index contributed by atoms with van der Waals surface area (Å²) in [5.41, 5.74) is 0.582. The molecule has 1 saturated carbocycles. The van der Waals surface area contributed by atoms with Gasteiger partial charge in [0.2, 0.25) is 10.0 Å². The van der Waals surface area contributed by atoms with Gasteiger partial charge in [0, 0.05) is 12.6 Å². The second-order valence-corrected chi connectivity index (χ2v) is 6.70. The highest BCUT2D eigenvalue weighted by atomic mass is 32.2. The molecule has 0 amide bonds. The van der Waals surface area contributed by atoms with E-state index in [2.05, 4.69) is 6.58 Å². The van der Waals surface area contributed by atoms with Crippen molar-refractivity contribution in [3.05, 3.63) is 42.5 Å². The van der Waals surface area contributed by atoms with Crippen molar-refractivity contribution < 1.29 is 18.3 Å². The third kappa shape index (κ3) is 3.26. The van der Waals surface area contributed by atoms with Gasteiger partial charge in [-0.05, 0) is 30.5 Å². The Morgan fingerprint density at radius 1 is 1.35 bits per heavy atom. The molecule has 1 fully saturated rings. The molecule has 0 saturated heterocycles. The Labute approximate surface area is 118 Å². The molecule has 0 radical (unpaired) electrons. The van der Waals surface area contributed by atoms with Gasteiger partial charge in [-0.3, -0.25) is 4.79 Å². The van der Waals surface area contributed by atoms with Crippen LogP contribution in [0.5, 0.6) is 0 Å². The lowest BCUT2D eigenvalue weighted by Crippen LogP contribution is -2.33. The largest absolute Gasteiger partial charge is 0.481 e. The van der Waals surface area contributed by atoms with E-state index in [0.717, 1.165) is 12.8 Å². The van der Waals surface area contributed by atoms with Gasteiger partial charge in [0.25, 0.3) is 0 Å². The molecule has 0 heterocycles. The Kier molecular flexibility index (Phi) is 4.25. The van der Waals surface area contributed by atoms with E-state index >= 15 is 0 Å². The third-order valence-corrected chi connectivity index (χ3v) is 5.08. The topological polar surface area (TPSA) is 74.7 Å². The summed E-state index contributed by atoms with van der Waals surface area (Å²) >= 11 is 0. The summed E-state index contributed by atoms with van der Waals surface area (Å²) in [5, 5.41) is 8.70. The first kappa shape index (κ1) is 14.7. The molecule has 2 rings (SSSR count). The zero-order chi connectivity index (χ0) is 14.8. The van der Waals surface area contributed by atoms with Crippen molar-refractivity contribution in [2.45, 2.75) is 30.2 Å². The van der Waals surface area contributed by atoms with Gasteiger partial charge in [-0.2, -0.15) is 4.31 Å². The first-order chi connectivity index (χ1) is 9.45. The van der Waals surface area contributed by atoms with Crippen LogP contribution in [0.3, 0.4) is 0 Å². The summed E-state index contributed by atoms with van der Waals surface area (Å²) in [6.45, 7) is 3.89. The molecule has 0 aliphatic heterocycles. The van der Waals surface area contributed by atoms with Crippen molar-refractivity contribution in [2.75, 3.05) is 6.54 Å². The van der Waals surface area contributed by atoms with Gasteiger partial charge in [0.1, 0.15) is 0 Å². The van der Waals surface area contributed by atoms with Crippen molar-refractivity contribution in [1.82, 2.24) is 4.31 Å². The van der Waals surface area contributed by atoms with Crippen LogP contribution >= 0.6 is 0 Å². The molecule has 1 N–H and O–H groups in total. The van der Waals surface area contributed by atoms with Crippen LogP contribution in [0.15, 0.2) is 41.8 Å². The quantitative estimate of drug-likeness (QED) is 0.776. The van der Waals surface area contributed by atoms with Gasteiger partial charge < -0.3 is 5.11 Å². The van der Waals surface area contributed by atoms with Gasteiger partial charge in [-0.15, -0.1) is 6.58 Å². The second-order valence-electron chi connectivity index (χ2n) is 4.81. The Bertz CT molecular complexity index is 603. The van der Waals surface area contributed by atoms with Crippen molar-refractivity contribution in [2.24, 2.45) is 0 Å². The highest BCUT2D eigenvalue weighted by Gasteiger charge is 2.37. The van der Waals surface area contributed by atoms with E-state index in [1.807, 2.05) is 0 Å². The fourth-order valence-corrected chi connectivity index (χ4v) is 3.68. The molecular weight excluding hydrogens is 278 g/mol. The molecule has 1 aromatic rings. The summed E-state index contributed by atoms with van der Waals surface area (Å²) < 4.78 is 26.4. The number of carboxylic acid groups (broad SMARTS) is 1. The highest BCUT2D eigenvalue weighted by Crippen LogP contribution is 2.31. The van der Waals surface area contributed by atoms with E-state index in [1.165, 1.54) is 16.4 Å². The molecule has 0 bridgehead atoms. The average molecular weight is 295 g/mol. The van der Waals surface area contributed by atoms with Gasteiger partial charge in [0.05, 0.1) is 11.3 Å². The SMILES string of the molecule is C=CCN(C1CC1)S(=O)(=O)c1ccc(CC(=O)O)cc1.